The molecular formula is C12H18N2O. The summed E-state index contributed by atoms with van der Waals surface area (Å²) in [4.78, 5) is 2.22. The number of benzene rings is 1. The molecule has 0 spiro atoms. The van der Waals surface area contributed by atoms with Gasteiger partial charge in [0.1, 0.15) is 0 Å². The highest BCUT2D eigenvalue weighted by Crippen LogP contribution is 2.25. The molecule has 1 heterocycles. The zero-order valence-electron chi connectivity index (χ0n) is 9.11. The first-order chi connectivity index (χ1) is 7.16. The number of aliphatic hydroxyl groups excluding tert-OH is 1. The van der Waals surface area contributed by atoms with E-state index in [-0.39, 0.29) is 6.10 Å². The van der Waals surface area contributed by atoms with Crippen LogP contribution < -0.4 is 10.6 Å². The van der Waals surface area contributed by atoms with E-state index in [1.165, 1.54) is 5.56 Å². The fourth-order valence-corrected chi connectivity index (χ4v) is 2.14. The van der Waals surface area contributed by atoms with Crippen LogP contribution in [0.5, 0.6) is 0 Å². The Morgan fingerprint density at radius 1 is 1.47 bits per heavy atom. The summed E-state index contributed by atoms with van der Waals surface area (Å²) >= 11 is 0. The van der Waals surface area contributed by atoms with E-state index in [0.717, 1.165) is 37.3 Å². The zero-order chi connectivity index (χ0) is 10.8. The van der Waals surface area contributed by atoms with Crippen LogP contribution in [0.2, 0.25) is 0 Å². The summed E-state index contributed by atoms with van der Waals surface area (Å²) in [6.07, 6.45) is 1.77. The maximum absolute atomic E-state index is 9.63. The van der Waals surface area contributed by atoms with Crippen molar-refractivity contribution in [2.45, 2.75) is 25.9 Å². The van der Waals surface area contributed by atoms with Gasteiger partial charge in [0.15, 0.2) is 0 Å². The van der Waals surface area contributed by atoms with Crippen molar-refractivity contribution in [3.63, 3.8) is 0 Å². The number of aryl methyl sites for hydroxylation is 1. The fourth-order valence-electron chi connectivity index (χ4n) is 2.14. The standard InChI is InChI=1S/C12H18N2O/c1-9-4-5-10(13)7-12(9)14-6-2-3-11(15)8-14/h4-5,7,11,15H,2-3,6,8,13H2,1H3. The largest absolute Gasteiger partial charge is 0.399 e. The Labute approximate surface area is 90.5 Å². The average molecular weight is 206 g/mol. The van der Waals surface area contributed by atoms with Crippen LogP contribution in [0, 0.1) is 6.92 Å². The van der Waals surface area contributed by atoms with Crippen LogP contribution in [0.4, 0.5) is 11.4 Å². The molecule has 3 N–H and O–H groups in total. The summed E-state index contributed by atoms with van der Waals surface area (Å²) in [6.45, 7) is 3.82. The van der Waals surface area contributed by atoms with Gasteiger partial charge in [-0.15, -0.1) is 0 Å². The van der Waals surface area contributed by atoms with Gasteiger partial charge in [0, 0.05) is 24.5 Å². The lowest BCUT2D eigenvalue weighted by Crippen LogP contribution is -2.38. The number of β-amino-alcohol motifs (C(OH)–C–C–N with tert-alkyl or cyclic N) is 1. The van der Waals surface area contributed by atoms with Crippen molar-refractivity contribution in [3.05, 3.63) is 23.8 Å². The topological polar surface area (TPSA) is 49.5 Å². The SMILES string of the molecule is Cc1ccc(N)cc1N1CCCC(O)C1. The van der Waals surface area contributed by atoms with Crippen LogP contribution in [0.1, 0.15) is 18.4 Å². The predicted molar refractivity (Wildman–Crippen MR) is 63.0 cm³/mol. The van der Waals surface area contributed by atoms with Crippen molar-refractivity contribution in [2.75, 3.05) is 23.7 Å². The van der Waals surface area contributed by atoms with E-state index < -0.39 is 0 Å². The van der Waals surface area contributed by atoms with Gasteiger partial charge in [0.05, 0.1) is 6.10 Å². The summed E-state index contributed by atoms with van der Waals surface area (Å²) < 4.78 is 0. The molecular weight excluding hydrogens is 188 g/mol. The van der Waals surface area contributed by atoms with E-state index >= 15 is 0 Å². The number of piperidine rings is 1. The molecule has 1 unspecified atom stereocenters. The maximum atomic E-state index is 9.63. The third-order valence-electron chi connectivity index (χ3n) is 2.97. The van der Waals surface area contributed by atoms with E-state index in [2.05, 4.69) is 11.8 Å². The number of nitrogens with zero attached hydrogens (tertiary/aromatic N) is 1. The first-order valence-corrected chi connectivity index (χ1v) is 5.46. The molecule has 1 fully saturated rings. The average Bonchev–Trinajstić information content (AvgIpc) is 2.22. The number of nitrogens with two attached hydrogens (primary N) is 1. The van der Waals surface area contributed by atoms with Crippen molar-refractivity contribution in [1.29, 1.82) is 0 Å². The van der Waals surface area contributed by atoms with Gasteiger partial charge >= 0.3 is 0 Å². The minimum absolute atomic E-state index is 0.195. The molecule has 1 saturated heterocycles. The summed E-state index contributed by atoms with van der Waals surface area (Å²) in [5.74, 6) is 0. The quantitative estimate of drug-likeness (QED) is 0.685. The Morgan fingerprint density at radius 2 is 2.27 bits per heavy atom. The number of hydrogen-bond acceptors (Lipinski definition) is 3. The Morgan fingerprint density at radius 3 is 3.00 bits per heavy atom. The number of hydrogen-bond donors (Lipinski definition) is 2. The third-order valence-corrected chi connectivity index (χ3v) is 2.97. The van der Waals surface area contributed by atoms with Crippen molar-refractivity contribution in [3.8, 4) is 0 Å². The molecule has 1 aromatic rings. The van der Waals surface area contributed by atoms with Crippen LogP contribution in [0.3, 0.4) is 0 Å². The Bertz CT molecular complexity index is 351. The molecule has 1 atom stereocenters. The van der Waals surface area contributed by atoms with Crippen molar-refractivity contribution in [1.82, 2.24) is 0 Å². The van der Waals surface area contributed by atoms with Crippen LogP contribution in [-0.2, 0) is 0 Å². The fraction of sp³-hybridized carbons (Fsp3) is 0.500. The molecule has 1 aromatic carbocycles. The second kappa shape index (κ2) is 4.11. The molecule has 1 aliphatic rings. The Kier molecular flexibility index (Phi) is 2.82. The van der Waals surface area contributed by atoms with Gasteiger partial charge in [0.2, 0.25) is 0 Å². The lowest BCUT2D eigenvalue weighted by Gasteiger charge is -2.33. The van der Waals surface area contributed by atoms with Gasteiger partial charge < -0.3 is 15.7 Å². The highest BCUT2D eigenvalue weighted by atomic mass is 16.3. The van der Waals surface area contributed by atoms with Gasteiger partial charge in [-0.2, -0.15) is 0 Å². The Balaban J connectivity index is 2.24. The molecule has 0 saturated carbocycles. The number of rotatable bonds is 1. The van der Waals surface area contributed by atoms with Gasteiger partial charge in [0.25, 0.3) is 0 Å². The second-order valence-corrected chi connectivity index (χ2v) is 4.29. The summed E-state index contributed by atoms with van der Waals surface area (Å²) in [6, 6.07) is 5.94. The molecule has 0 aliphatic carbocycles. The number of nitrogen functional groups attached to an aromatic ring is 1. The van der Waals surface area contributed by atoms with E-state index in [9.17, 15) is 5.11 Å². The summed E-state index contributed by atoms with van der Waals surface area (Å²) in [5.41, 5.74) is 8.95. The van der Waals surface area contributed by atoms with Crippen LogP contribution in [0.15, 0.2) is 18.2 Å². The van der Waals surface area contributed by atoms with E-state index in [4.69, 9.17) is 5.73 Å². The zero-order valence-corrected chi connectivity index (χ0v) is 9.11. The minimum Gasteiger partial charge on any atom is -0.399 e. The normalized spacial score (nSPS) is 21.7. The summed E-state index contributed by atoms with van der Waals surface area (Å²) in [5, 5.41) is 9.63. The van der Waals surface area contributed by atoms with Crippen LogP contribution in [-0.4, -0.2) is 24.3 Å². The van der Waals surface area contributed by atoms with Crippen molar-refractivity contribution >= 4 is 11.4 Å². The van der Waals surface area contributed by atoms with E-state index in [1.54, 1.807) is 0 Å². The third kappa shape index (κ3) is 2.23. The lowest BCUT2D eigenvalue weighted by atomic mass is 10.1. The molecule has 3 nitrogen and oxygen atoms in total. The first-order valence-electron chi connectivity index (χ1n) is 5.46. The molecule has 1 aliphatic heterocycles. The lowest BCUT2D eigenvalue weighted by molar-refractivity contribution is 0.154. The molecule has 0 amide bonds. The van der Waals surface area contributed by atoms with Crippen LogP contribution >= 0.6 is 0 Å². The monoisotopic (exact) mass is 206 g/mol. The predicted octanol–water partition coefficient (Wildman–Crippen LogP) is 1.54. The van der Waals surface area contributed by atoms with E-state index in [1.807, 2.05) is 18.2 Å². The second-order valence-electron chi connectivity index (χ2n) is 4.29. The maximum Gasteiger partial charge on any atom is 0.0715 e. The molecule has 0 aromatic heterocycles. The number of anilines is 2. The highest BCUT2D eigenvalue weighted by Gasteiger charge is 2.18. The Hall–Kier alpha value is -1.22. The van der Waals surface area contributed by atoms with Gasteiger partial charge in [-0.25, -0.2) is 0 Å². The van der Waals surface area contributed by atoms with Gasteiger partial charge in [-0.1, -0.05) is 6.07 Å². The van der Waals surface area contributed by atoms with Crippen molar-refractivity contribution in [2.24, 2.45) is 0 Å². The number of aliphatic hydroxyl groups is 1. The highest BCUT2D eigenvalue weighted by molar-refractivity contribution is 5.61. The molecule has 0 bridgehead atoms. The summed E-state index contributed by atoms with van der Waals surface area (Å²) in [7, 11) is 0. The molecule has 15 heavy (non-hydrogen) atoms. The molecule has 2 rings (SSSR count). The van der Waals surface area contributed by atoms with Crippen LogP contribution in [0.25, 0.3) is 0 Å². The molecule has 3 heteroatoms. The molecule has 82 valence electrons. The van der Waals surface area contributed by atoms with Gasteiger partial charge in [-0.3, -0.25) is 0 Å². The van der Waals surface area contributed by atoms with Gasteiger partial charge in [-0.05, 0) is 37.5 Å². The molecule has 0 radical (unpaired) electrons. The minimum atomic E-state index is -0.195. The first kappa shape index (κ1) is 10.3. The van der Waals surface area contributed by atoms with E-state index in [0.29, 0.717) is 0 Å². The smallest absolute Gasteiger partial charge is 0.0715 e. The van der Waals surface area contributed by atoms with Crippen molar-refractivity contribution < 1.29 is 5.11 Å².